The molecule has 0 unspecified atom stereocenters. The van der Waals surface area contributed by atoms with Gasteiger partial charge >= 0.3 is 0 Å². The summed E-state index contributed by atoms with van der Waals surface area (Å²) in [7, 11) is 0. The lowest BCUT2D eigenvalue weighted by atomic mass is 10.0. The maximum absolute atomic E-state index is 6.60. The summed E-state index contributed by atoms with van der Waals surface area (Å²) in [5.74, 6) is 0. The van der Waals surface area contributed by atoms with E-state index >= 15 is 0 Å². The SMILES string of the molecule is c1ccc(-c2ccc(N(c3cccc4oc5ccccc5c34)c3cc4ccccc4c4oc5ccccc5c34)cc2)cc1. The summed E-state index contributed by atoms with van der Waals surface area (Å²) in [6.07, 6.45) is 0. The molecule has 0 radical (unpaired) electrons. The molecular formula is C40H25NO2. The zero-order valence-electron chi connectivity index (χ0n) is 23.2. The Bertz CT molecular complexity index is 2450. The molecule has 0 saturated carbocycles. The van der Waals surface area contributed by atoms with Crippen molar-refractivity contribution >= 4 is 71.7 Å². The molecule has 9 aromatic rings. The van der Waals surface area contributed by atoms with Crippen molar-refractivity contribution in [2.75, 3.05) is 4.90 Å². The van der Waals surface area contributed by atoms with E-state index in [4.69, 9.17) is 8.83 Å². The first-order valence-electron chi connectivity index (χ1n) is 14.5. The van der Waals surface area contributed by atoms with Crippen LogP contribution in [0.1, 0.15) is 0 Å². The molecule has 7 aromatic carbocycles. The van der Waals surface area contributed by atoms with Crippen LogP contribution in [0.15, 0.2) is 160 Å². The highest BCUT2D eigenvalue weighted by atomic mass is 16.3. The highest BCUT2D eigenvalue weighted by Gasteiger charge is 2.24. The number of hydrogen-bond acceptors (Lipinski definition) is 3. The Morgan fingerprint density at radius 3 is 1.79 bits per heavy atom. The van der Waals surface area contributed by atoms with Crippen LogP contribution < -0.4 is 4.90 Å². The molecule has 3 heteroatoms. The smallest absolute Gasteiger partial charge is 0.145 e. The van der Waals surface area contributed by atoms with Crippen molar-refractivity contribution in [1.82, 2.24) is 0 Å². The van der Waals surface area contributed by atoms with Gasteiger partial charge in [-0.2, -0.15) is 0 Å². The molecule has 0 N–H and O–H groups in total. The Kier molecular flexibility index (Phi) is 5.20. The summed E-state index contributed by atoms with van der Waals surface area (Å²) in [6, 6.07) is 53.0. The average Bonchev–Trinajstić information content (AvgIpc) is 3.65. The summed E-state index contributed by atoms with van der Waals surface area (Å²) in [5.41, 5.74) is 9.04. The van der Waals surface area contributed by atoms with Crippen molar-refractivity contribution in [1.29, 1.82) is 0 Å². The van der Waals surface area contributed by atoms with Crippen molar-refractivity contribution in [3.05, 3.63) is 152 Å². The van der Waals surface area contributed by atoms with Crippen LogP contribution in [0.3, 0.4) is 0 Å². The Balaban J connectivity index is 1.40. The van der Waals surface area contributed by atoms with E-state index in [0.717, 1.165) is 71.7 Å². The van der Waals surface area contributed by atoms with Crippen molar-refractivity contribution in [2.45, 2.75) is 0 Å². The molecule has 2 aromatic heterocycles. The van der Waals surface area contributed by atoms with E-state index in [9.17, 15) is 0 Å². The van der Waals surface area contributed by atoms with Crippen LogP contribution in [0.25, 0.3) is 65.8 Å². The first-order chi connectivity index (χ1) is 21.3. The fourth-order valence-electron chi connectivity index (χ4n) is 6.50. The lowest BCUT2D eigenvalue weighted by molar-refractivity contribution is 0.669. The molecule has 0 aliphatic rings. The average molecular weight is 552 g/mol. The number of rotatable bonds is 4. The van der Waals surface area contributed by atoms with Gasteiger partial charge in [0.25, 0.3) is 0 Å². The van der Waals surface area contributed by atoms with Crippen LogP contribution in [0.5, 0.6) is 0 Å². The number of anilines is 3. The van der Waals surface area contributed by atoms with Gasteiger partial charge in [0.2, 0.25) is 0 Å². The van der Waals surface area contributed by atoms with E-state index in [2.05, 4.69) is 138 Å². The molecule has 2 heterocycles. The highest BCUT2D eigenvalue weighted by molar-refractivity contribution is 6.23. The van der Waals surface area contributed by atoms with Crippen molar-refractivity contribution in [2.24, 2.45) is 0 Å². The van der Waals surface area contributed by atoms with Crippen molar-refractivity contribution in [3.8, 4) is 11.1 Å². The van der Waals surface area contributed by atoms with Crippen molar-refractivity contribution in [3.63, 3.8) is 0 Å². The summed E-state index contributed by atoms with van der Waals surface area (Å²) in [5, 5.41) is 6.58. The Labute approximate surface area is 247 Å². The molecule has 0 aliphatic heterocycles. The number of fused-ring (bicyclic) bond motifs is 8. The summed E-state index contributed by atoms with van der Waals surface area (Å²) in [4.78, 5) is 2.37. The van der Waals surface area contributed by atoms with Crippen LogP contribution in [-0.4, -0.2) is 0 Å². The Morgan fingerprint density at radius 1 is 0.395 bits per heavy atom. The zero-order valence-corrected chi connectivity index (χ0v) is 23.2. The van der Waals surface area contributed by atoms with E-state index < -0.39 is 0 Å². The van der Waals surface area contributed by atoms with Gasteiger partial charge in [-0.3, -0.25) is 0 Å². The molecule has 9 rings (SSSR count). The number of furan rings is 2. The second-order valence-electron chi connectivity index (χ2n) is 10.9. The summed E-state index contributed by atoms with van der Waals surface area (Å²) >= 11 is 0. The van der Waals surface area contributed by atoms with Gasteiger partial charge in [-0.15, -0.1) is 0 Å². The lowest BCUT2D eigenvalue weighted by Gasteiger charge is -2.27. The fraction of sp³-hybridized carbons (Fsp3) is 0. The van der Waals surface area contributed by atoms with Gasteiger partial charge in [-0.25, -0.2) is 0 Å². The third-order valence-electron chi connectivity index (χ3n) is 8.44. The molecule has 0 bridgehead atoms. The van der Waals surface area contributed by atoms with Gasteiger partial charge < -0.3 is 13.7 Å². The molecule has 43 heavy (non-hydrogen) atoms. The number of nitrogens with zero attached hydrogens (tertiary/aromatic N) is 1. The monoisotopic (exact) mass is 551 g/mol. The largest absolute Gasteiger partial charge is 0.456 e. The molecule has 3 nitrogen and oxygen atoms in total. The van der Waals surface area contributed by atoms with Gasteiger partial charge in [0.1, 0.15) is 22.3 Å². The van der Waals surface area contributed by atoms with Gasteiger partial charge in [0, 0.05) is 21.8 Å². The van der Waals surface area contributed by atoms with Gasteiger partial charge in [0.05, 0.1) is 22.1 Å². The number of para-hydroxylation sites is 2. The maximum atomic E-state index is 6.60. The maximum Gasteiger partial charge on any atom is 0.145 e. The van der Waals surface area contributed by atoms with Gasteiger partial charge in [0.15, 0.2) is 0 Å². The Hall–Kier alpha value is -5.80. The predicted molar refractivity (Wildman–Crippen MR) is 179 cm³/mol. The first-order valence-corrected chi connectivity index (χ1v) is 14.5. The summed E-state index contributed by atoms with van der Waals surface area (Å²) in [6.45, 7) is 0. The molecule has 0 fully saturated rings. The second kappa shape index (κ2) is 9.37. The molecule has 0 amide bonds. The van der Waals surface area contributed by atoms with E-state index in [-0.39, 0.29) is 0 Å². The van der Waals surface area contributed by atoms with E-state index in [1.54, 1.807) is 0 Å². The molecule has 0 saturated heterocycles. The van der Waals surface area contributed by atoms with Crippen LogP contribution in [0, 0.1) is 0 Å². The van der Waals surface area contributed by atoms with Crippen LogP contribution in [0.4, 0.5) is 17.1 Å². The predicted octanol–water partition coefficient (Wildman–Crippen LogP) is 11.8. The second-order valence-corrected chi connectivity index (χ2v) is 10.9. The number of benzene rings is 7. The normalized spacial score (nSPS) is 11.7. The number of hydrogen-bond donors (Lipinski definition) is 0. The molecular weight excluding hydrogens is 526 g/mol. The van der Waals surface area contributed by atoms with Gasteiger partial charge in [-0.05, 0) is 59.0 Å². The molecule has 0 aliphatic carbocycles. The quantitative estimate of drug-likeness (QED) is 0.218. The third-order valence-corrected chi connectivity index (χ3v) is 8.44. The summed E-state index contributed by atoms with van der Waals surface area (Å²) < 4.78 is 13.0. The molecule has 202 valence electrons. The van der Waals surface area contributed by atoms with E-state index in [1.807, 2.05) is 18.2 Å². The third kappa shape index (κ3) is 3.68. The van der Waals surface area contributed by atoms with E-state index in [1.165, 1.54) is 11.1 Å². The van der Waals surface area contributed by atoms with Crippen molar-refractivity contribution < 1.29 is 8.83 Å². The zero-order chi connectivity index (χ0) is 28.3. The van der Waals surface area contributed by atoms with Gasteiger partial charge in [-0.1, -0.05) is 109 Å². The Morgan fingerprint density at radius 2 is 1.00 bits per heavy atom. The fourth-order valence-corrected chi connectivity index (χ4v) is 6.50. The minimum Gasteiger partial charge on any atom is -0.456 e. The standard InChI is InChI=1S/C40H25NO2/c1-2-11-26(12-3-1)27-21-23-29(24-22-27)41(33-17-10-20-37-38(33)31-15-6-8-18-35(31)42-37)34-25-28-13-4-5-14-30(28)40-39(34)32-16-7-9-19-36(32)43-40/h1-25H. The minimum absolute atomic E-state index is 0.860. The lowest BCUT2D eigenvalue weighted by Crippen LogP contribution is -2.11. The van der Waals surface area contributed by atoms with Crippen LogP contribution in [0.2, 0.25) is 0 Å². The first kappa shape index (κ1) is 23.9. The topological polar surface area (TPSA) is 29.5 Å². The minimum atomic E-state index is 0.860. The van der Waals surface area contributed by atoms with E-state index in [0.29, 0.717) is 0 Å². The molecule has 0 spiro atoms. The molecule has 0 atom stereocenters. The van der Waals surface area contributed by atoms with Crippen LogP contribution in [-0.2, 0) is 0 Å². The van der Waals surface area contributed by atoms with Crippen LogP contribution >= 0.6 is 0 Å². The highest BCUT2D eigenvalue weighted by Crippen LogP contribution is 2.48.